The Labute approximate surface area is 103 Å². The molecule has 1 aliphatic carbocycles. The number of hydrogen-bond donors (Lipinski definition) is 2. The van der Waals surface area contributed by atoms with Crippen molar-refractivity contribution in [3.05, 3.63) is 15.6 Å². The summed E-state index contributed by atoms with van der Waals surface area (Å²) in [7, 11) is 0. The van der Waals surface area contributed by atoms with Gasteiger partial charge in [-0.3, -0.25) is 9.59 Å². The van der Waals surface area contributed by atoms with Crippen molar-refractivity contribution in [3.8, 4) is 0 Å². The third kappa shape index (κ3) is 2.31. The molecule has 0 radical (unpaired) electrons. The van der Waals surface area contributed by atoms with Crippen LogP contribution in [0.3, 0.4) is 0 Å². The summed E-state index contributed by atoms with van der Waals surface area (Å²) in [4.78, 5) is 27.5. The molecule has 17 heavy (non-hydrogen) atoms. The topological polar surface area (TPSA) is 79.3 Å². The molecule has 2 N–H and O–H groups in total. The van der Waals surface area contributed by atoms with Crippen molar-refractivity contribution in [1.82, 2.24) is 10.3 Å². The zero-order chi connectivity index (χ0) is 12.6. The minimum atomic E-state index is -0.824. The van der Waals surface area contributed by atoms with Crippen LogP contribution in [0.2, 0.25) is 0 Å². The zero-order valence-corrected chi connectivity index (χ0v) is 10.6. The summed E-state index contributed by atoms with van der Waals surface area (Å²) in [5.41, 5.74) is -0.0197. The summed E-state index contributed by atoms with van der Waals surface area (Å²) in [5.74, 6) is -1.05. The number of aryl methyl sites for hydroxylation is 2. The number of rotatable bonds is 4. The summed E-state index contributed by atoms with van der Waals surface area (Å²) in [6.07, 6.45) is 1.28. The maximum Gasteiger partial charge on any atom is 0.311 e. The van der Waals surface area contributed by atoms with Gasteiger partial charge in [-0.05, 0) is 26.7 Å². The second-order valence-corrected chi connectivity index (χ2v) is 5.62. The first kappa shape index (κ1) is 12.0. The standard InChI is InChI=1S/C11H14N2O3S/c1-6-8(17-7(2)13-6)9(14)12-5-11(3-4-11)10(15)16/h3-5H2,1-2H3,(H,12,14)(H,15,16). The molecule has 1 amide bonds. The molecule has 1 heterocycles. The number of aromatic nitrogens is 1. The van der Waals surface area contributed by atoms with Crippen molar-refractivity contribution < 1.29 is 14.7 Å². The molecule has 0 spiro atoms. The quantitative estimate of drug-likeness (QED) is 0.850. The molecule has 1 fully saturated rings. The highest BCUT2D eigenvalue weighted by Crippen LogP contribution is 2.45. The van der Waals surface area contributed by atoms with Crippen molar-refractivity contribution in [2.75, 3.05) is 6.54 Å². The molecule has 0 bridgehead atoms. The van der Waals surface area contributed by atoms with E-state index in [1.165, 1.54) is 11.3 Å². The SMILES string of the molecule is Cc1nc(C)c(C(=O)NCC2(C(=O)O)CC2)s1. The molecule has 92 valence electrons. The van der Waals surface area contributed by atoms with E-state index in [2.05, 4.69) is 10.3 Å². The van der Waals surface area contributed by atoms with Crippen LogP contribution in [-0.4, -0.2) is 28.5 Å². The van der Waals surface area contributed by atoms with Crippen molar-refractivity contribution in [1.29, 1.82) is 0 Å². The summed E-state index contributed by atoms with van der Waals surface area (Å²) in [6.45, 7) is 3.83. The lowest BCUT2D eigenvalue weighted by Crippen LogP contribution is -2.34. The van der Waals surface area contributed by atoms with E-state index in [1.54, 1.807) is 6.92 Å². The average molecular weight is 254 g/mol. The van der Waals surface area contributed by atoms with Crippen LogP contribution in [0.25, 0.3) is 0 Å². The minimum absolute atomic E-state index is 0.206. The molecule has 1 saturated carbocycles. The fourth-order valence-corrected chi connectivity index (χ4v) is 2.53. The largest absolute Gasteiger partial charge is 0.481 e. The second-order valence-electron chi connectivity index (χ2n) is 4.42. The van der Waals surface area contributed by atoms with Gasteiger partial charge in [0.15, 0.2) is 0 Å². The summed E-state index contributed by atoms with van der Waals surface area (Å²) >= 11 is 1.33. The Kier molecular flexibility index (Phi) is 2.91. The number of aliphatic carboxylic acids is 1. The molecule has 1 aliphatic rings. The van der Waals surface area contributed by atoms with Gasteiger partial charge in [0.2, 0.25) is 0 Å². The van der Waals surface area contributed by atoms with Crippen molar-refractivity contribution in [2.45, 2.75) is 26.7 Å². The third-order valence-corrected chi connectivity index (χ3v) is 4.08. The van der Waals surface area contributed by atoms with Gasteiger partial charge in [0, 0.05) is 6.54 Å². The number of nitrogens with zero attached hydrogens (tertiary/aromatic N) is 1. The smallest absolute Gasteiger partial charge is 0.311 e. The highest BCUT2D eigenvalue weighted by atomic mass is 32.1. The molecule has 0 aliphatic heterocycles. The Bertz CT molecular complexity index is 477. The van der Waals surface area contributed by atoms with Crippen LogP contribution in [0.5, 0.6) is 0 Å². The van der Waals surface area contributed by atoms with Gasteiger partial charge in [0.05, 0.1) is 16.1 Å². The predicted molar refractivity (Wildman–Crippen MR) is 63.2 cm³/mol. The fourth-order valence-electron chi connectivity index (χ4n) is 1.69. The van der Waals surface area contributed by atoms with E-state index in [1.807, 2.05) is 6.92 Å². The molecular weight excluding hydrogens is 240 g/mol. The van der Waals surface area contributed by atoms with Crippen LogP contribution in [0.4, 0.5) is 0 Å². The monoisotopic (exact) mass is 254 g/mol. The van der Waals surface area contributed by atoms with Gasteiger partial charge in [0.1, 0.15) is 4.88 Å². The number of carboxylic acids is 1. The first-order valence-electron chi connectivity index (χ1n) is 5.40. The van der Waals surface area contributed by atoms with Gasteiger partial charge in [0.25, 0.3) is 5.91 Å². The first-order chi connectivity index (χ1) is 7.94. The first-order valence-corrected chi connectivity index (χ1v) is 6.22. The van der Waals surface area contributed by atoms with Crippen LogP contribution in [-0.2, 0) is 4.79 Å². The number of thiazole rings is 1. The summed E-state index contributed by atoms with van der Waals surface area (Å²) in [6, 6.07) is 0. The maximum atomic E-state index is 11.8. The molecule has 5 nitrogen and oxygen atoms in total. The van der Waals surface area contributed by atoms with E-state index in [9.17, 15) is 9.59 Å². The number of carbonyl (C=O) groups is 2. The lowest BCUT2D eigenvalue weighted by molar-refractivity contribution is -0.143. The molecule has 1 aromatic rings. The van der Waals surface area contributed by atoms with E-state index in [0.717, 1.165) is 5.01 Å². The van der Waals surface area contributed by atoms with Crippen LogP contribution >= 0.6 is 11.3 Å². The van der Waals surface area contributed by atoms with Crippen molar-refractivity contribution in [3.63, 3.8) is 0 Å². The highest BCUT2D eigenvalue weighted by Gasteiger charge is 2.50. The lowest BCUT2D eigenvalue weighted by Gasteiger charge is -2.10. The zero-order valence-electron chi connectivity index (χ0n) is 9.74. The normalized spacial score (nSPS) is 16.6. The highest BCUT2D eigenvalue weighted by molar-refractivity contribution is 7.13. The lowest BCUT2D eigenvalue weighted by atomic mass is 10.1. The Hall–Kier alpha value is -1.43. The number of nitrogens with one attached hydrogen (secondary N) is 1. The fraction of sp³-hybridized carbons (Fsp3) is 0.545. The van der Waals surface area contributed by atoms with Crippen LogP contribution < -0.4 is 5.32 Å². The molecular formula is C11H14N2O3S. The van der Waals surface area contributed by atoms with Gasteiger partial charge in [-0.2, -0.15) is 0 Å². The minimum Gasteiger partial charge on any atom is -0.481 e. The number of amides is 1. The number of hydrogen-bond acceptors (Lipinski definition) is 4. The van der Waals surface area contributed by atoms with E-state index in [0.29, 0.717) is 23.4 Å². The second kappa shape index (κ2) is 4.10. The van der Waals surface area contributed by atoms with Gasteiger partial charge in [-0.25, -0.2) is 4.98 Å². The van der Waals surface area contributed by atoms with Gasteiger partial charge in [-0.1, -0.05) is 0 Å². The molecule has 0 aromatic carbocycles. The Morgan fingerprint density at radius 1 is 1.47 bits per heavy atom. The van der Waals surface area contributed by atoms with E-state index in [-0.39, 0.29) is 12.5 Å². The van der Waals surface area contributed by atoms with Gasteiger partial charge >= 0.3 is 5.97 Å². The van der Waals surface area contributed by atoms with E-state index < -0.39 is 11.4 Å². The van der Waals surface area contributed by atoms with Crippen LogP contribution in [0.15, 0.2) is 0 Å². The van der Waals surface area contributed by atoms with Crippen LogP contribution in [0, 0.1) is 19.3 Å². The number of carboxylic acid groups (broad SMARTS) is 1. The maximum absolute atomic E-state index is 11.8. The molecule has 1 aromatic heterocycles. The molecule has 0 atom stereocenters. The molecule has 0 saturated heterocycles. The van der Waals surface area contributed by atoms with Crippen LogP contribution in [0.1, 0.15) is 33.2 Å². The predicted octanol–water partition coefficient (Wildman–Crippen LogP) is 1.35. The Balaban J connectivity index is 1.99. The van der Waals surface area contributed by atoms with Gasteiger partial charge in [-0.15, -0.1) is 11.3 Å². The molecule has 6 heteroatoms. The van der Waals surface area contributed by atoms with Crippen molar-refractivity contribution >= 4 is 23.2 Å². The van der Waals surface area contributed by atoms with Crippen molar-refractivity contribution in [2.24, 2.45) is 5.41 Å². The van der Waals surface area contributed by atoms with E-state index in [4.69, 9.17) is 5.11 Å². The summed E-state index contributed by atoms with van der Waals surface area (Å²) < 4.78 is 0. The van der Waals surface area contributed by atoms with E-state index >= 15 is 0 Å². The number of carbonyl (C=O) groups excluding carboxylic acids is 1. The third-order valence-electron chi connectivity index (χ3n) is 3.00. The Morgan fingerprint density at radius 2 is 2.12 bits per heavy atom. The molecule has 2 rings (SSSR count). The Morgan fingerprint density at radius 3 is 2.53 bits per heavy atom. The average Bonchev–Trinajstić information content (AvgIpc) is 2.97. The summed E-state index contributed by atoms with van der Waals surface area (Å²) in [5, 5.41) is 12.5. The van der Waals surface area contributed by atoms with Gasteiger partial charge < -0.3 is 10.4 Å². The molecule has 0 unspecified atom stereocenters.